The Kier molecular flexibility index (Phi) is 8.59. The van der Waals surface area contributed by atoms with E-state index in [-0.39, 0.29) is 0 Å². The van der Waals surface area contributed by atoms with Crippen molar-refractivity contribution >= 4 is 99.5 Å². The van der Waals surface area contributed by atoms with Crippen molar-refractivity contribution < 1.29 is 8.83 Å². The van der Waals surface area contributed by atoms with E-state index in [2.05, 4.69) is 211 Å². The van der Waals surface area contributed by atoms with E-state index in [1.807, 2.05) is 0 Å². The van der Waals surface area contributed by atoms with E-state index in [1.165, 1.54) is 67.3 Å². The van der Waals surface area contributed by atoms with Crippen molar-refractivity contribution in [2.75, 3.05) is 9.80 Å². The number of hydrogen-bond acceptors (Lipinski definition) is 4. The lowest BCUT2D eigenvalue weighted by molar-refractivity contribution is 0.663. The molecule has 0 radical (unpaired) electrons. The average molecular weight is 805 g/mol. The van der Waals surface area contributed by atoms with Crippen LogP contribution in [0, 0.1) is 55.4 Å². The first-order chi connectivity index (χ1) is 30.0. The monoisotopic (exact) mass is 804 g/mol. The Balaban J connectivity index is 1.06. The number of rotatable bonds is 6. The summed E-state index contributed by atoms with van der Waals surface area (Å²) in [6.07, 6.45) is 0. The van der Waals surface area contributed by atoms with Crippen molar-refractivity contribution in [2.45, 2.75) is 55.4 Å². The minimum Gasteiger partial charge on any atom is -0.456 e. The summed E-state index contributed by atoms with van der Waals surface area (Å²) in [6.45, 7) is 17.4. The molecule has 0 atom stereocenters. The summed E-state index contributed by atoms with van der Waals surface area (Å²) in [6, 6.07) is 53.5. The van der Waals surface area contributed by atoms with Gasteiger partial charge in [0.25, 0.3) is 0 Å². The third-order valence-electron chi connectivity index (χ3n) is 12.9. The molecule has 11 aromatic rings. The van der Waals surface area contributed by atoms with Gasteiger partial charge in [0, 0.05) is 55.7 Å². The summed E-state index contributed by atoms with van der Waals surface area (Å²) in [4.78, 5) is 4.82. The maximum absolute atomic E-state index is 6.72. The molecule has 11 rings (SSSR count). The number of anilines is 6. The summed E-state index contributed by atoms with van der Waals surface area (Å²) >= 11 is 0. The predicted octanol–water partition coefficient (Wildman–Crippen LogP) is 17.2. The second-order valence-corrected chi connectivity index (χ2v) is 17.6. The van der Waals surface area contributed by atoms with Crippen LogP contribution in [0.3, 0.4) is 0 Å². The Morgan fingerprint density at radius 2 is 0.629 bits per heavy atom. The fourth-order valence-corrected chi connectivity index (χ4v) is 9.53. The smallest absolute Gasteiger partial charge is 0.136 e. The van der Waals surface area contributed by atoms with E-state index in [9.17, 15) is 0 Å². The van der Waals surface area contributed by atoms with Crippen molar-refractivity contribution in [1.82, 2.24) is 0 Å². The normalized spacial score (nSPS) is 11.9. The molecule has 2 aromatic heterocycles. The molecule has 2 heterocycles. The Morgan fingerprint density at radius 3 is 0.968 bits per heavy atom. The van der Waals surface area contributed by atoms with Gasteiger partial charge in [-0.25, -0.2) is 0 Å². The quantitative estimate of drug-likeness (QED) is 0.168. The maximum atomic E-state index is 6.72. The zero-order valence-corrected chi connectivity index (χ0v) is 36.6. The van der Waals surface area contributed by atoms with Crippen LogP contribution in [-0.2, 0) is 0 Å². The summed E-state index contributed by atoms with van der Waals surface area (Å²) < 4.78 is 13.4. The van der Waals surface area contributed by atoms with Gasteiger partial charge in [-0.2, -0.15) is 0 Å². The lowest BCUT2D eigenvalue weighted by atomic mass is 9.99. The first kappa shape index (κ1) is 37.7. The fourth-order valence-electron chi connectivity index (χ4n) is 9.53. The highest BCUT2D eigenvalue weighted by Crippen LogP contribution is 2.46. The fraction of sp³-hybridized carbons (Fsp3) is 0.138. The van der Waals surface area contributed by atoms with E-state index in [0.717, 1.165) is 76.8 Å². The van der Waals surface area contributed by atoms with Crippen molar-refractivity contribution in [3.63, 3.8) is 0 Å². The zero-order valence-electron chi connectivity index (χ0n) is 36.6. The molecule has 0 spiro atoms. The molecule has 0 saturated carbocycles. The van der Waals surface area contributed by atoms with Gasteiger partial charge in [-0.3, -0.25) is 0 Å². The zero-order chi connectivity index (χ0) is 42.6. The molecule has 302 valence electrons. The van der Waals surface area contributed by atoms with Crippen molar-refractivity contribution in [3.8, 4) is 0 Å². The summed E-state index contributed by atoms with van der Waals surface area (Å²) in [5.74, 6) is 0. The highest BCUT2D eigenvalue weighted by atomic mass is 16.3. The molecule has 0 fully saturated rings. The molecule has 0 aliphatic carbocycles. The van der Waals surface area contributed by atoms with Crippen LogP contribution >= 0.6 is 0 Å². The lowest BCUT2D eigenvalue weighted by Crippen LogP contribution is -2.13. The van der Waals surface area contributed by atoms with E-state index >= 15 is 0 Å². The van der Waals surface area contributed by atoms with Crippen molar-refractivity contribution in [3.05, 3.63) is 190 Å². The van der Waals surface area contributed by atoms with Gasteiger partial charge < -0.3 is 18.6 Å². The molecule has 4 nitrogen and oxygen atoms in total. The number of hydrogen-bond donors (Lipinski definition) is 0. The summed E-state index contributed by atoms with van der Waals surface area (Å²) in [7, 11) is 0. The van der Waals surface area contributed by atoms with Crippen LogP contribution in [0.4, 0.5) is 34.1 Å². The Morgan fingerprint density at radius 1 is 0.290 bits per heavy atom. The van der Waals surface area contributed by atoms with Crippen molar-refractivity contribution in [1.29, 1.82) is 0 Å². The Bertz CT molecular complexity index is 3300. The molecule has 0 bridgehead atoms. The van der Waals surface area contributed by atoms with Gasteiger partial charge in [-0.05, 0) is 206 Å². The molecule has 62 heavy (non-hydrogen) atoms. The number of fused-ring (bicyclic) bond motifs is 9. The maximum Gasteiger partial charge on any atom is 0.136 e. The van der Waals surface area contributed by atoms with Gasteiger partial charge in [-0.1, -0.05) is 60.7 Å². The standard InChI is InChI=1S/C58H48N2O2/c1-33-9-13-37(5)49(23-33)59(50-24-34(2)10-14-38(50)6)45-19-17-41-29-47-55(31-43(41)27-45)61-53-21-22-54-58(57(47)53)48-30-42-18-20-46(28-44(42)32-56(48)62-54)60(51-25-35(3)11-15-39(51)7)52-26-36(4)12-16-40(52)8/h9-32H,1-8H3. The summed E-state index contributed by atoms with van der Waals surface area (Å²) in [5, 5.41) is 8.91. The Hall–Kier alpha value is -7.30. The highest BCUT2D eigenvalue weighted by Gasteiger charge is 2.22. The highest BCUT2D eigenvalue weighted by molar-refractivity contribution is 6.28. The minimum absolute atomic E-state index is 0.853. The largest absolute Gasteiger partial charge is 0.456 e. The first-order valence-electron chi connectivity index (χ1n) is 21.6. The van der Waals surface area contributed by atoms with E-state index in [4.69, 9.17) is 8.83 Å². The lowest BCUT2D eigenvalue weighted by Gasteiger charge is -2.29. The topological polar surface area (TPSA) is 32.8 Å². The molecular weight excluding hydrogens is 757 g/mol. The van der Waals surface area contributed by atoms with Crippen LogP contribution in [0.25, 0.3) is 65.4 Å². The molecular formula is C58H48N2O2. The molecule has 0 unspecified atom stereocenters. The molecule has 0 N–H and O–H groups in total. The van der Waals surface area contributed by atoms with Crippen LogP contribution in [-0.4, -0.2) is 0 Å². The summed E-state index contributed by atoms with van der Waals surface area (Å²) in [5.41, 5.74) is 20.2. The van der Waals surface area contributed by atoms with Gasteiger partial charge in [0.15, 0.2) is 0 Å². The number of furan rings is 2. The number of aryl methyl sites for hydroxylation is 8. The second kappa shape index (κ2) is 14.1. The van der Waals surface area contributed by atoms with Crippen LogP contribution < -0.4 is 9.80 Å². The third-order valence-corrected chi connectivity index (χ3v) is 12.9. The molecule has 0 amide bonds. The third kappa shape index (κ3) is 6.12. The van der Waals surface area contributed by atoms with Gasteiger partial charge in [0.2, 0.25) is 0 Å². The predicted molar refractivity (Wildman–Crippen MR) is 263 cm³/mol. The number of nitrogens with zero attached hydrogens (tertiary/aromatic N) is 2. The van der Waals surface area contributed by atoms with E-state index in [0.29, 0.717) is 0 Å². The molecule has 0 aliphatic rings. The first-order valence-corrected chi connectivity index (χ1v) is 21.6. The second-order valence-electron chi connectivity index (χ2n) is 17.6. The molecule has 4 heteroatoms. The average Bonchev–Trinajstić information content (AvgIpc) is 3.80. The van der Waals surface area contributed by atoms with Crippen molar-refractivity contribution in [2.24, 2.45) is 0 Å². The van der Waals surface area contributed by atoms with Crippen LogP contribution in [0.5, 0.6) is 0 Å². The molecule has 0 saturated heterocycles. The van der Waals surface area contributed by atoms with Gasteiger partial charge in [0.1, 0.15) is 22.3 Å². The molecule has 0 aliphatic heterocycles. The minimum atomic E-state index is 0.853. The Labute approximate surface area is 362 Å². The van der Waals surface area contributed by atoms with Crippen LogP contribution in [0.15, 0.2) is 154 Å². The van der Waals surface area contributed by atoms with Gasteiger partial charge in [0.05, 0.1) is 0 Å². The van der Waals surface area contributed by atoms with Crippen LogP contribution in [0.2, 0.25) is 0 Å². The SMILES string of the molecule is Cc1ccc(C)c(N(c2ccc3cc4c(cc3c2)oc2ccc3oc5cc6cc(N(c7cc(C)ccc7C)c7cc(C)ccc7C)ccc6cc5c3c24)c2cc(C)ccc2C)c1. The van der Waals surface area contributed by atoms with Gasteiger partial charge in [-0.15, -0.1) is 0 Å². The molecule has 9 aromatic carbocycles. The van der Waals surface area contributed by atoms with Crippen LogP contribution in [0.1, 0.15) is 44.5 Å². The number of benzene rings is 9. The van der Waals surface area contributed by atoms with E-state index < -0.39 is 0 Å². The van der Waals surface area contributed by atoms with Gasteiger partial charge >= 0.3 is 0 Å². The van der Waals surface area contributed by atoms with E-state index in [1.54, 1.807) is 0 Å².